The molecule has 4 aromatic rings. The Labute approximate surface area is 326 Å². The van der Waals surface area contributed by atoms with Crippen LogP contribution in [-0.4, -0.2) is 24.8 Å². The van der Waals surface area contributed by atoms with E-state index < -0.39 is 144 Å². The summed E-state index contributed by atoms with van der Waals surface area (Å²) in [5, 5.41) is 0. The summed E-state index contributed by atoms with van der Waals surface area (Å²) in [6.45, 7) is 3.77. The van der Waals surface area contributed by atoms with Gasteiger partial charge in [0.05, 0.1) is 18.6 Å². The maximum absolute atomic E-state index is 15.4. The molecule has 328 valence electrons. The first-order valence-electron chi connectivity index (χ1n) is 18.2. The molecule has 0 aliphatic heterocycles. The third-order valence-electron chi connectivity index (χ3n) is 11.4. The molecule has 0 unspecified atom stereocenters. The molecule has 0 aromatic heterocycles. The highest BCUT2D eigenvalue weighted by atomic mass is 19.2. The van der Waals surface area contributed by atoms with Crippen molar-refractivity contribution in [2.24, 2.45) is 0 Å². The first-order valence-corrected chi connectivity index (χ1v) is 18.2. The standard InChI is InChI=1S/C24BF20.C14H27N/c26-5-1(6(27)14(35)21(42)13(5)34)25(2-7(28)15(36)22(43)16(37)8(2)29,3-9(30)17(38)23(44)18(39)10(3)31)4-11(32)19(40)24(45)20(41)12(4)33;1-2-15(13-9-5-3-6-10-13)14-11-7-4-8-12-14/h;13-14H,2-12H2,1H3/q-1;/p+1. The van der Waals surface area contributed by atoms with E-state index in [0.29, 0.717) is 0 Å². The number of hydrogen-bond acceptors (Lipinski definition) is 0. The molecule has 0 saturated heterocycles. The van der Waals surface area contributed by atoms with Crippen LogP contribution in [0.15, 0.2) is 0 Å². The van der Waals surface area contributed by atoms with E-state index in [1.165, 1.54) is 70.8 Å². The minimum Gasteiger partial charge on any atom is -0.330 e. The van der Waals surface area contributed by atoms with E-state index >= 15 is 35.1 Å². The molecule has 2 aliphatic carbocycles. The van der Waals surface area contributed by atoms with Gasteiger partial charge in [-0.15, -0.1) is 21.9 Å². The lowest BCUT2D eigenvalue weighted by Gasteiger charge is -2.44. The minimum absolute atomic E-state index is 1.02. The highest BCUT2D eigenvalue weighted by Crippen LogP contribution is 2.31. The largest absolute Gasteiger partial charge is 0.330 e. The van der Waals surface area contributed by atoms with Gasteiger partial charge >= 0.3 is 0 Å². The van der Waals surface area contributed by atoms with E-state index in [1.54, 1.807) is 0 Å². The molecule has 4 aromatic carbocycles. The van der Waals surface area contributed by atoms with E-state index in [0.717, 1.165) is 12.1 Å². The molecule has 1 nitrogen and oxygen atoms in total. The molecule has 0 radical (unpaired) electrons. The summed E-state index contributed by atoms with van der Waals surface area (Å²) in [5.41, 5.74) is -14.3. The van der Waals surface area contributed by atoms with Crippen molar-refractivity contribution >= 4 is 28.0 Å². The van der Waals surface area contributed by atoms with Crippen LogP contribution < -0.4 is 26.8 Å². The zero-order valence-corrected chi connectivity index (χ0v) is 30.6. The van der Waals surface area contributed by atoms with Gasteiger partial charge in [-0.1, -0.05) is 12.8 Å². The van der Waals surface area contributed by atoms with Crippen molar-refractivity contribution in [3.8, 4) is 0 Å². The van der Waals surface area contributed by atoms with Crippen molar-refractivity contribution in [2.45, 2.75) is 83.2 Å². The zero-order valence-electron chi connectivity index (χ0n) is 30.6. The minimum atomic E-state index is -7.22. The molecule has 22 heteroatoms. The van der Waals surface area contributed by atoms with Crippen molar-refractivity contribution in [3.63, 3.8) is 0 Å². The summed E-state index contributed by atoms with van der Waals surface area (Å²) in [6.07, 6.45) is 7.84. The van der Waals surface area contributed by atoms with Gasteiger partial charge in [0, 0.05) is 0 Å². The first-order chi connectivity index (χ1) is 28.1. The average molecular weight is 889 g/mol. The van der Waals surface area contributed by atoms with Crippen LogP contribution in [0.1, 0.15) is 71.1 Å². The fraction of sp³-hybridized carbons (Fsp3) is 0.368. The molecule has 2 saturated carbocycles. The van der Waals surface area contributed by atoms with Crippen LogP contribution in [0.25, 0.3) is 0 Å². The van der Waals surface area contributed by atoms with Crippen molar-refractivity contribution in [1.29, 1.82) is 0 Å². The molecule has 60 heavy (non-hydrogen) atoms. The molecule has 0 atom stereocenters. The Balaban J connectivity index is 0.000000379. The van der Waals surface area contributed by atoms with E-state index in [4.69, 9.17) is 0 Å². The van der Waals surface area contributed by atoms with Gasteiger partial charge in [0.1, 0.15) is 52.7 Å². The lowest BCUT2D eigenvalue weighted by Crippen LogP contribution is -3.19. The Morgan fingerprint density at radius 3 is 0.633 bits per heavy atom. The summed E-state index contributed by atoms with van der Waals surface area (Å²) >= 11 is 0. The normalized spacial score (nSPS) is 15.5. The smallest absolute Gasteiger partial charge is 0.200 e. The van der Waals surface area contributed by atoms with Gasteiger partial charge in [-0.3, -0.25) is 0 Å². The fourth-order valence-corrected chi connectivity index (χ4v) is 8.73. The predicted octanol–water partition coefficient (Wildman–Crippen LogP) is 8.40. The van der Waals surface area contributed by atoms with Crippen LogP contribution >= 0.6 is 0 Å². The highest BCUT2D eigenvalue weighted by Gasteiger charge is 2.52. The maximum Gasteiger partial charge on any atom is 0.200 e. The maximum atomic E-state index is 15.4. The molecular weight excluding hydrogens is 861 g/mol. The van der Waals surface area contributed by atoms with Gasteiger partial charge in [0.25, 0.3) is 0 Å². The van der Waals surface area contributed by atoms with Crippen LogP contribution in [0, 0.1) is 116 Å². The van der Waals surface area contributed by atoms with E-state index in [2.05, 4.69) is 6.92 Å². The Bertz CT molecular complexity index is 1900. The Morgan fingerprint density at radius 2 is 0.467 bits per heavy atom. The summed E-state index contributed by atoms with van der Waals surface area (Å²) < 4.78 is 294. The lowest BCUT2D eigenvalue weighted by molar-refractivity contribution is -0.950. The van der Waals surface area contributed by atoms with Gasteiger partial charge in [-0.05, 0) is 58.3 Å². The van der Waals surface area contributed by atoms with Crippen LogP contribution in [-0.2, 0) is 0 Å². The van der Waals surface area contributed by atoms with Crippen molar-refractivity contribution in [3.05, 3.63) is 116 Å². The van der Waals surface area contributed by atoms with Gasteiger partial charge in [-0.2, -0.15) is 0 Å². The molecule has 2 fully saturated rings. The number of halogens is 20. The molecule has 0 heterocycles. The SMILES string of the molecule is CC[NH+](C1CCCCC1)C1CCCCC1.Fc1c(F)c(F)c([B-](c2c(F)c(F)c(F)c(F)c2F)(c2c(F)c(F)c(F)c(F)c2F)c2c(F)c(F)c(F)c(F)c2F)c(F)c1F. The van der Waals surface area contributed by atoms with Crippen LogP contribution in [0.2, 0.25) is 0 Å². The first kappa shape index (κ1) is 46.6. The molecule has 0 amide bonds. The second kappa shape index (κ2) is 17.8. The van der Waals surface area contributed by atoms with Crippen LogP contribution in [0.3, 0.4) is 0 Å². The Hall–Kier alpha value is -4.50. The highest BCUT2D eigenvalue weighted by molar-refractivity contribution is 7.20. The summed E-state index contributed by atoms with van der Waals surface area (Å²) in [7, 11) is 0. The predicted molar refractivity (Wildman–Crippen MR) is 174 cm³/mol. The van der Waals surface area contributed by atoms with E-state index in [1.807, 2.05) is 4.90 Å². The van der Waals surface area contributed by atoms with Crippen LogP contribution in [0.5, 0.6) is 0 Å². The number of benzene rings is 4. The second-order valence-corrected chi connectivity index (χ2v) is 14.4. The van der Waals surface area contributed by atoms with Crippen molar-refractivity contribution in [2.75, 3.05) is 6.54 Å². The van der Waals surface area contributed by atoms with E-state index in [-0.39, 0.29) is 0 Å². The number of rotatable bonds is 7. The van der Waals surface area contributed by atoms with Crippen LogP contribution in [0.4, 0.5) is 87.8 Å². The fourth-order valence-electron chi connectivity index (χ4n) is 8.73. The van der Waals surface area contributed by atoms with E-state index in [9.17, 15) is 52.7 Å². The molecule has 6 rings (SSSR count). The third kappa shape index (κ3) is 7.37. The molecule has 1 N–H and O–H groups in total. The summed E-state index contributed by atoms with van der Waals surface area (Å²) in [6, 6.07) is 2.04. The molecule has 0 bridgehead atoms. The Kier molecular flexibility index (Phi) is 13.9. The zero-order chi connectivity index (χ0) is 44.9. The number of quaternary nitrogens is 1. The molecule has 0 spiro atoms. The Morgan fingerprint density at radius 1 is 0.300 bits per heavy atom. The second-order valence-electron chi connectivity index (χ2n) is 14.4. The average Bonchev–Trinajstić information content (AvgIpc) is 3.24. The summed E-state index contributed by atoms with van der Waals surface area (Å²) in [4.78, 5) is 1.97. The number of nitrogens with one attached hydrogen (secondary N) is 1. The molecule has 2 aliphatic rings. The summed E-state index contributed by atoms with van der Waals surface area (Å²) in [5.74, 6) is -71.4. The number of hydrogen-bond donors (Lipinski definition) is 1. The topological polar surface area (TPSA) is 4.44 Å². The molecular formula is C38H28BF20N. The lowest BCUT2D eigenvalue weighted by atomic mass is 9.12. The van der Waals surface area contributed by atoms with Gasteiger partial charge in [0.2, 0.25) is 0 Å². The third-order valence-corrected chi connectivity index (χ3v) is 11.4. The van der Waals surface area contributed by atoms with Gasteiger partial charge in [-0.25, -0.2) is 87.8 Å². The van der Waals surface area contributed by atoms with Gasteiger partial charge in [0.15, 0.2) is 69.8 Å². The van der Waals surface area contributed by atoms with Gasteiger partial charge < -0.3 is 4.90 Å². The quantitative estimate of drug-likeness (QED) is 0.0824. The monoisotopic (exact) mass is 889 g/mol. The van der Waals surface area contributed by atoms with Crippen molar-refractivity contribution in [1.82, 2.24) is 0 Å². The van der Waals surface area contributed by atoms with Crippen molar-refractivity contribution < 1.29 is 92.7 Å².